The Hall–Kier alpha value is -2.82. The summed E-state index contributed by atoms with van der Waals surface area (Å²) in [4.78, 5) is 27.3. The fourth-order valence-electron chi connectivity index (χ4n) is 2.91. The highest BCUT2D eigenvalue weighted by Gasteiger charge is 2.21. The molecule has 1 N–H and O–H groups in total. The zero-order valence-electron chi connectivity index (χ0n) is 13.4. The summed E-state index contributed by atoms with van der Waals surface area (Å²) in [7, 11) is 0. The van der Waals surface area contributed by atoms with Crippen LogP contribution in [0.15, 0.2) is 54.6 Å². The molecule has 2 aromatic rings. The van der Waals surface area contributed by atoms with Crippen LogP contribution in [0.4, 0.5) is 5.69 Å². The molecule has 0 aromatic heterocycles. The molecule has 1 aliphatic rings. The first kappa shape index (κ1) is 16.1. The molecule has 2 aromatic carbocycles. The van der Waals surface area contributed by atoms with E-state index < -0.39 is 5.97 Å². The SMILES string of the molecule is O=C(O)c1ccc(N2CCN(C(=O)Cc3ccccc3)CC2)cc1. The van der Waals surface area contributed by atoms with Gasteiger partial charge in [-0.05, 0) is 29.8 Å². The lowest BCUT2D eigenvalue weighted by atomic mass is 10.1. The second-order valence-electron chi connectivity index (χ2n) is 5.88. The third-order valence-electron chi connectivity index (χ3n) is 4.31. The molecule has 0 spiro atoms. The van der Waals surface area contributed by atoms with E-state index in [-0.39, 0.29) is 11.5 Å². The molecule has 1 saturated heterocycles. The highest BCUT2D eigenvalue weighted by Crippen LogP contribution is 2.18. The number of aromatic carboxylic acids is 1. The van der Waals surface area contributed by atoms with Crippen LogP contribution in [0.2, 0.25) is 0 Å². The average molecular weight is 324 g/mol. The molecule has 0 saturated carbocycles. The normalized spacial score (nSPS) is 14.5. The van der Waals surface area contributed by atoms with E-state index in [2.05, 4.69) is 4.90 Å². The van der Waals surface area contributed by atoms with Crippen molar-refractivity contribution >= 4 is 17.6 Å². The van der Waals surface area contributed by atoms with E-state index in [0.29, 0.717) is 19.5 Å². The predicted octanol–water partition coefficient (Wildman–Crippen LogP) is 2.28. The number of carbonyl (C=O) groups is 2. The van der Waals surface area contributed by atoms with Crippen molar-refractivity contribution in [1.29, 1.82) is 0 Å². The van der Waals surface area contributed by atoms with Crippen LogP contribution >= 0.6 is 0 Å². The van der Waals surface area contributed by atoms with Gasteiger partial charge in [-0.15, -0.1) is 0 Å². The van der Waals surface area contributed by atoms with Gasteiger partial charge in [0.25, 0.3) is 0 Å². The summed E-state index contributed by atoms with van der Waals surface area (Å²) in [6.45, 7) is 2.89. The van der Waals surface area contributed by atoms with Crippen LogP contribution in [0.3, 0.4) is 0 Å². The average Bonchev–Trinajstić information content (AvgIpc) is 2.63. The summed E-state index contributed by atoms with van der Waals surface area (Å²) in [5.41, 5.74) is 2.32. The number of hydrogen-bond donors (Lipinski definition) is 1. The standard InChI is InChI=1S/C19H20N2O3/c22-18(14-15-4-2-1-3-5-15)21-12-10-20(11-13-21)17-8-6-16(7-9-17)19(23)24/h1-9H,10-14H2,(H,23,24). The van der Waals surface area contributed by atoms with Crippen LogP contribution in [-0.2, 0) is 11.2 Å². The maximum Gasteiger partial charge on any atom is 0.335 e. The van der Waals surface area contributed by atoms with Crippen molar-refractivity contribution < 1.29 is 14.7 Å². The molecule has 0 atom stereocenters. The smallest absolute Gasteiger partial charge is 0.335 e. The number of carboxylic acid groups (broad SMARTS) is 1. The molecule has 0 bridgehead atoms. The van der Waals surface area contributed by atoms with Crippen molar-refractivity contribution in [2.24, 2.45) is 0 Å². The first-order chi connectivity index (χ1) is 11.6. The topological polar surface area (TPSA) is 60.9 Å². The second kappa shape index (κ2) is 7.17. The zero-order chi connectivity index (χ0) is 16.9. The van der Waals surface area contributed by atoms with Gasteiger partial charge < -0.3 is 14.9 Å². The Balaban J connectivity index is 1.55. The molecule has 0 aliphatic carbocycles. The molecule has 124 valence electrons. The lowest BCUT2D eigenvalue weighted by Gasteiger charge is -2.36. The van der Waals surface area contributed by atoms with Crippen LogP contribution in [0.5, 0.6) is 0 Å². The molecule has 3 rings (SSSR count). The van der Waals surface area contributed by atoms with Crippen molar-refractivity contribution in [1.82, 2.24) is 4.90 Å². The van der Waals surface area contributed by atoms with Crippen LogP contribution in [0.1, 0.15) is 15.9 Å². The van der Waals surface area contributed by atoms with Gasteiger partial charge in [-0.2, -0.15) is 0 Å². The van der Waals surface area contributed by atoms with Crippen molar-refractivity contribution in [3.05, 3.63) is 65.7 Å². The molecule has 1 heterocycles. The molecule has 0 radical (unpaired) electrons. The molecule has 24 heavy (non-hydrogen) atoms. The number of carboxylic acids is 1. The van der Waals surface area contributed by atoms with Crippen LogP contribution < -0.4 is 4.90 Å². The van der Waals surface area contributed by atoms with Gasteiger partial charge in [0.05, 0.1) is 12.0 Å². The quantitative estimate of drug-likeness (QED) is 0.937. The maximum absolute atomic E-state index is 12.4. The molecule has 1 amide bonds. The van der Waals surface area contributed by atoms with E-state index in [4.69, 9.17) is 5.11 Å². The van der Waals surface area contributed by atoms with Gasteiger partial charge in [0, 0.05) is 31.9 Å². The number of amides is 1. The highest BCUT2D eigenvalue weighted by atomic mass is 16.4. The molecule has 5 nitrogen and oxygen atoms in total. The Labute approximate surface area is 141 Å². The van der Waals surface area contributed by atoms with E-state index in [0.717, 1.165) is 24.3 Å². The van der Waals surface area contributed by atoms with Gasteiger partial charge in [0.2, 0.25) is 5.91 Å². The number of carbonyl (C=O) groups excluding carboxylic acids is 1. The van der Waals surface area contributed by atoms with Crippen molar-refractivity contribution in [2.75, 3.05) is 31.1 Å². The van der Waals surface area contributed by atoms with Gasteiger partial charge in [0.15, 0.2) is 0 Å². The number of benzene rings is 2. The number of hydrogen-bond acceptors (Lipinski definition) is 3. The van der Waals surface area contributed by atoms with Gasteiger partial charge in [-0.25, -0.2) is 4.79 Å². The Kier molecular flexibility index (Phi) is 4.79. The Morgan fingerprint density at radius 2 is 1.50 bits per heavy atom. The third-order valence-corrected chi connectivity index (χ3v) is 4.31. The zero-order valence-corrected chi connectivity index (χ0v) is 13.4. The second-order valence-corrected chi connectivity index (χ2v) is 5.88. The monoisotopic (exact) mass is 324 g/mol. The summed E-state index contributed by atoms with van der Waals surface area (Å²) >= 11 is 0. The molecule has 0 unspecified atom stereocenters. The lowest BCUT2D eigenvalue weighted by molar-refractivity contribution is -0.130. The Bertz CT molecular complexity index is 705. The molecular formula is C19H20N2O3. The van der Waals surface area contributed by atoms with E-state index >= 15 is 0 Å². The molecule has 1 aliphatic heterocycles. The predicted molar refractivity (Wildman–Crippen MR) is 92.3 cm³/mol. The molecule has 1 fully saturated rings. The lowest BCUT2D eigenvalue weighted by Crippen LogP contribution is -2.49. The summed E-state index contributed by atoms with van der Waals surface area (Å²) in [5, 5.41) is 8.95. The first-order valence-electron chi connectivity index (χ1n) is 8.03. The summed E-state index contributed by atoms with van der Waals surface area (Å²) in [6.07, 6.45) is 0.439. The first-order valence-corrected chi connectivity index (χ1v) is 8.03. The third kappa shape index (κ3) is 3.74. The van der Waals surface area contributed by atoms with Gasteiger partial charge >= 0.3 is 5.97 Å². The van der Waals surface area contributed by atoms with Gasteiger partial charge in [0.1, 0.15) is 0 Å². The minimum absolute atomic E-state index is 0.155. The number of anilines is 1. The van der Waals surface area contributed by atoms with Crippen molar-refractivity contribution in [3.8, 4) is 0 Å². The van der Waals surface area contributed by atoms with Crippen LogP contribution in [-0.4, -0.2) is 48.1 Å². The van der Waals surface area contributed by atoms with E-state index in [9.17, 15) is 9.59 Å². The highest BCUT2D eigenvalue weighted by molar-refractivity contribution is 5.88. The molecular weight excluding hydrogens is 304 g/mol. The van der Waals surface area contributed by atoms with E-state index in [1.54, 1.807) is 12.1 Å². The summed E-state index contributed by atoms with van der Waals surface area (Å²) in [5.74, 6) is -0.764. The van der Waals surface area contributed by atoms with Gasteiger partial charge in [-0.3, -0.25) is 4.79 Å². The van der Waals surface area contributed by atoms with Crippen molar-refractivity contribution in [3.63, 3.8) is 0 Å². The number of nitrogens with zero attached hydrogens (tertiary/aromatic N) is 2. The fourth-order valence-corrected chi connectivity index (χ4v) is 2.91. The van der Waals surface area contributed by atoms with Gasteiger partial charge in [-0.1, -0.05) is 30.3 Å². The number of piperazine rings is 1. The largest absolute Gasteiger partial charge is 0.478 e. The maximum atomic E-state index is 12.4. The fraction of sp³-hybridized carbons (Fsp3) is 0.263. The molecule has 5 heteroatoms. The van der Waals surface area contributed by atoms with Crippen LogP contribution in [0.25, 0.3) is 0 Å². The Morgan fingerprint density at radius 3 is 2.08 bits per heavy atom. The number of rotatable bonds is 4. The van der Waals surface area contributed by atoms with Crippen molar-refractivity contribution in [2.45, 2.75) is 6.42 Å². The van der Waals surface area contributed by atoms with E-state index in [1.807, 2.05) is 47.4 Å². The minimum Gasteiger partial charge on any atom is -0.478 e. The van der Waals surface area contributed by atoms with E-state index in [1.165, 1.54) is 0 Å². The summed E-state index contributed by atoms with van der Waals surface area (Å²) < 4.78 is 0. The van der Waals surface area contributed by atoms with Crippen LogP contribution in [0, 0.1) is 0 Å². The Morgan fingerprint density at radius 1 is 0.875 bits per heavy atom. The minimum atomic E-state index is -0.919. The summed E-state index contributed by atoms with van der Waals surface area (Å²) in [6, 6.07) is 16.7.